The maximum Gasteiger partial charge on any atom is 0.305 e. The summed E-state index contributed by atoms with van der Waals surface area (Å²) in [7, 11) is 0. The number of aliphatic hydroxyl groups is 1. The van der Waals surface area contributed by atoms with Crippen LogP contribution in [-0.4, -0.2) is 53.6 Å². The minimum atomic E-state index is -0.886. The molecule has 0 saturated carbocycles. The fourth-order valence-electron chi connectivity index (χ4n) is 3.50. The first-order valence-corrected chi connectivity index (χ1v) is 10.6. The van der Waals surface area contributed by atoms with Crippen LogP contribution in [0.15, 0.2) is 59.8 Å². The standard InChI is InChI=1S/C24H29FN2O4/c1-2-8-24(29)30-17-20(28)15-27(14-19-11-6-7-12-22(19)25)16-21-13-23(26-31-21)18-9-4-3-5-10-18/h3-7,9-12,20-21,28H,2,8,13-17H2,1H3/t20-,21+/m0/s1. The van der Waals surface area contributed by atoms with Gasteiger partial charge >= 0.3 is 5.97 Å². The molecule has 7 heteroatoms. The molecule has 2 aromatic carbocycles. The van der Waals surface area contributed by atoms with Gasteiger partial charge < -0.3 is 14.7 Å². The summed E-state index contributed by atoms with van der Waals surface area (Å²) in [5.41, 5.74) is 2.40. The third-order valence-electron chi connectivity index (χ3n) is 5.01. The van der Waals surface area contributed by atoms with Gasteiger partial charge in [0, 0.05) is 38.0 Å². The first-order valence-electron chi connectivity index (χ1n) is 10.6. The van der Waals surface area contributed by atoms with E-state index in [1.54, 1.807) is 18.2 Å². The number of hydrogen-bond donors (Lipinski definition) is 1. The quantitative estimate of drug-likeness (QED) is 0.555. The van der Waals surface area contributed by atoms with E-state index in [4.69, 9.17) is 9.57 Å². The van der Waals surface area contributed by atoms with Crippen LogP contribution in [0.1, 0.15) is 37.3 Å². The molecular formula is C24H29FN2O4. The molecule has 1 heterocycles. The molecule has 31 heavy (non-hydrogen) atoms. The van der Waals surface area contributed by atoms with Gasteiger partial charge in [-0.2, -0.15) is 0 Å². The normalized spacial score (nSPS) is 16.6. The van der Waals surface area contributed by atoms with Crippen LogP contribution >= 0.6 is 0 Å². The highest BCUT2D eigenvalue weighted by atomic mass is 19.1. The summed E-state index contributed by atoms with van der Waals surface area (Å²) in [5.74, 6) is -0.632. The molecule has 166 valence electrons. The van der Waals surface area contributed by atoms with Crippen molar-refractivity contribution in [1.82, 2.24) is 4.90 Å². The average Bonchev–Trinajstić information content (AvgIpc) is 3.23. The molecular weight excluding hydrogens is 399 g/mol. The number of halogens is 1. The van der Waals surface area contributed by atoms with Crippen LogP contribution in [0.2, 0.25) is 0 Å². The Morgan fingerprint density at radius 2 is 2.00 bits per heavy atom. The second-order valence-corrected chi connectivity index (χ2v) is 7.71. The molecule has 0 amide bonds. The Balaban J connectivity index is 1.60. The highest BCUT2D eigenvalue weighted by Gasteiger charge is 2.26. The molecule has 0 radical (unpaired) electrons. The minimum absolute atomic E-state index is 0.0934. The van der Waals surface area contributed by atoms with Crippen molar-refractivity contribution in [2.45, 2.75) is 44.9 Å². The lowest BCUT2D eigenvalue weighted by Crippen LogP contribution is -2.39. The summed E-state index contributed by atoms with van der Waals surface area (Å²) < 4.78 is 19.3. The second kappa shape index (κ2) is 11.6. The van der Waals surface area contributed by atoms with Gasteiger partial charge in [-0.15, -0.1) is 0 Å². The monoisotopic (exact) mass is 428 g/mol. The Morgan fingerprint density at radius 3 is 2.74 bits per heavy atom. The zero-order valence-electron chi connectivity index (χ0n) is 17.7. The lowest BCUT2D eigenvalue weighted by Gasteiger charge is -2.27. The molecule has 0 saturated heterocycles. The summed E-state index contributed by atoms with van der Waals surface area (Å²) in [6.07, 6.45) is 0.540. The maximum absolute atomic E-state index is 14.2. The SMILES string of the molecule is CCCC(=O)OC[C@@H](O)CN(Cc1ccccc1F)C[C@H]1CC(c2ccccc2)=NO1. The topological polar surface area (TPSA) is 71.4 Å². The van der Waals surface area contributed by atoms with Crippen molar-refractivity contribution in [3.8, 4) is 0 Å². The molecule has 1 aliphatic heterocycles. The van der Waals surface area contributed by atoms with Crippen LogP contribution in [0.3, 0.4) is 0 Å². The number of ether oxygens (including phenoxy) is 1. The number of oxime groups is 1. The van der Waals surface area contributed by atoms with Crippen LogP contribution < -0.4 is 0 Å². The van der Waals surface area contributed by atoms with Gasteiger partial charge in [0.05, 0.1) is 5.71 Å². The molecule has 1 aliphatic rings. The van der Waals surface area contributed by atoms with E-state index in [-0.39, 0.29) is 31.0 Å². The third kappa shape index (κ3) is 7.15. The lowest BCUT2D eigenvalue weighted by atomic mass is 10.0. The van der Waals surface area contributed by atoms with Crippen molar-refractivity contribution in [1.29, 1.82) is 0 Å². The Hall–Kier alpha value is -2.77. The summed E-state index contributed by atoms with van der Waals surface area (Å²) >= 11 is 0. The zero-order valence-corrected chi connectivity index (χ0v) is 17.7. The largest absolute Gasteiger partial charge is 0.463 e. The Bertz CT molecular complexity index is 875. The van der Waals surface area contributed by atoms with E-state index in [1.165, 1.54) is 6.07 Å². The van der Waals surface area contributed by atoms with E-state index in [0.29, 0.717) is 37.9 Å². The first-order chi connectivity index (χ1) is 15.0. The van der Waals surface area contributed by atoms with E-state index in [2.05, 4.69) is 5.16 Å². The molecule has 0 unspecified atom stereocenters. The minimum Gasteiger partial charge on any atom is -0.463 e. The Labute approximate surface area is 182 Å². The predicted octanol–water partition coefficient (Wildman–Crippen LogP) is 3.53. The Kier molecular flexibility index (Phi) is 8.55. The third-order valence-corrected chi connectivity index (χ3v) is 5.01. The number of aliphatic hydroxyl groups excluding tert-OH is 1. The molecule has 2 aromatic rings. The Morgan fingerprint density at radius 1 is 1.26 bits per heavy atom. The van der Waals surface area contributed by atoms with E-state index in [0.717, 1.165) is 11.3 Å². The van der Waals surface area contributed by atoms with Crippen LogP contribution in [0.25, 0.3) is 0 Å². The highest BCUT2D eigenvalue weighted by molar-refractivity contribution is 6.01. The number of carbonyl (C=O) groups is 1. The number of benzene rings is 2. The molecule has 0 aromatic heterocycles. The number of carbonyl (C=O) groups excluding carboxylic acids is 1. The van der Waals surface area contributed by atoms with Gasteiger partial charge in [-0.25, -0.2) is 4.39 Å². The highest BCUT2D eigenvalue weighted by Crippen LogP contribution is 2.19. The zero-order chi connectivity index (χ0) is 22.1. The second-order valence-electron chi connectivity index (χ2n) is 7.71. The van der Waals surface area contributed by atoms with E-state index >= 15 is 0 Å². The number of nitrogens with zero attached hydrogens (tertiary/aromatic N) is 2. The van der Waals surface area contributed by atoms with Crippen molar-refractivity contribution >= 4 is 11.7 Å². The van der Waals surface area contributed by atoms with E-state index in [9.17, 15) is 14.3 Å². The van der Waals surface area contributed by atoms with Crippen LogP contribution in [0.5, 0.6) is 0 Å². The summed E-state index contributed by atoms with van der Waals surface area (Å²) in [6.45, 7) is 2.76. The van der Waals surface area contributed by atoms with Crippen LogP contribution in [-0.2, 0) is 20.9 Å². The van der Waals surface area contributed by atoms with Crippen molar-refractivity contribution < 1.29 is 23.9 Å². The molecule has 1 N–H and O–H groups in total. The van der Waals surface area contributed by atoms with Gasteiger partial charge in [0.25, 0.3) is 0 Å². The van der Waals surface area contributed by atoms with Crippen molar-refractivity contribution in [3.63, 3.8) is 0 Å². The number of rotatable bonds is 11. The van der Waals surface area contributed by atoms with E-state index in [1.807, 2.05) is 42.2 Å². The molecule has 0 bridgehead atoms. The van der Waals surface area contributed by atoms with Crippen molar-refractivity contribution in [3.05, 3.63) is 71.5 Å². The fourth-order valence-corrected chi connectivity index (χ4v) is 3.50. The molecule has 3 rings (SSSR count). The summed E-state index contributed by atoms with van der Waals surface area (Å²) in [6, 6.07) is 16.4. The fraction of sp³-hybridized carbons (Fsp3) is 0.417. The van der Waals surface area contributed by atoms with Gasteiger partial charge in [0.15, 0.2) is 0 Å². The van der Waals surface area contributed by atoms with Gasteiger partial charge in [-0.1, -0.05) is 60.6 Å². The molecule has 2 atom stereocenters. The van der Waals surface area contributed by atoms with Crippen molar-refractivity contribution in [2.24, 2.45) is 5.16 Å². The van der Waals surface area contributed by atoms with Crippen LogP contribution in [0.4, 0.5) is 4.39 Å². The van der Waals surface area contributed by atoms with Crippen molar-refractivity contribution in [2.75, 3.05) is 19.7 Å². The van der Waals surface area contributed by atoms with Gasteiger partial charge in [0.1, 0.15) is 24.6 Å². The molecule has 0 fully saturated rings. The average molecular weight is 429 g/mol. The van der Waals surface area contributed by atoms with Gasteiger partial charge in [-0.05, 0) is 18.1 Å². The first kappa shape index (κ1) is 22.9. The summed E-state index contributed by atoms with van der Waals surface area (Å²) in [4.78, 5) is 19.1. The lowest BCUT2D eigenvalue weighted by molar-refractivity contribution is -0.147. The maximum atomic E-state index is 14.2. The molecule has 0 aliphatic carbocycles. The van der Waals surface area contributed by atoms with Gasteiger partial charge in [-0.3, -0.25) is 9.69 Å². The van der Waals surface area contributed by atoms with Gasteiger partial charge in [0.2, 0.25) is 0 Å². The van der Waals surface area contributed by atoms with E-state index < -0.39 is 6.10 Å². The smallest absolute Gasteiger partial charge is 0.305 e. The molecule has 6 nitrogen and oxygen atoms in total. The number of esters is 1. The predicted molar refractivity (Wildman–Crippen MR) is 116 cm³/mol. The molecule has 0 spiro atoms. The number of hydrogen-bond acceptors (Lipinski definition) is 6. The van der Waals surface area contributed by atoms with Crippen LogP contribution in [0, 0.1) is 5.82 Å². The summed E-state index contributed by atoms with van der Waals surface area (Å²) in [5, 5.41) is 14.6.